The molecule has 2 unspecified atom stereocenters. The summed E-state index contributed by atoms with van der Waals surface area (Å²) in [4.78, 5) is 12.5. The molecule has 0 spiro atoms. The lowest BCUT2D eigenvalue weighted by Gasteiger charge is -2.13. The number of benzene rings is 1. The lowest BCUT2D eigenvalue weighted by atomic mass is 10.1. The van der Waals surface area contributed by atoms with Gasteiger partial charge in [0.15, 0.2) is 15.5 Å². The zero-order valence-corrected chi connectivity index (χ0v) is 16.3. The maximum Gasteiger partial charge on any atom is 0.272 e. The molecule has 1 amide bonds. The average molecular weight is 396 g/mol. The molecule has 0 radical (unpaired) electrons. The van der Waals surface area contributed by atoms with Crippen LogP contribution in [0.2, 0.25) is 5.02 Å². The molecule has 1 aliphatic rings. The van der Waals surface area contributed by atoms with Crippen molar-refractivity contribution in [3.05, 3.63) is 41.0 Å². The summed E-state index contributed by atoms with van der Waals surface area (Å²) in [6.45, 7) is 3.92. The van der Waals surface area contributed by atoms with E-state index < -0.39 is 9.84 Å². The molecule has 0 aliphatic carbocycles. The topological polar surface area (TPSA) is 81.1 Å². The van der Waals surface area contributed by atoms with Gasteiger partial charge in [-0.1, -0.05) is 30.7 Å². The lowest BCUT2D eigenvalue weighted by molar-refractivity contribution is 0.0933. The first-order valence-electron chi connectivity index (χ1n) is 8.66. The van der Waals surface area contributed by atoms with Crippen molar-refractivity contribution < 1.29 is 13.2 Å². The standard InChI is InChI=1S/C18H22ClN3O3S/c1-3-12(2)20-18(23)16-10-17(13-4-6-14(19)7-5-13)22(21-16)15-8-9-26(24,25)11-15/h4-7,10,12,15H,3,8-9,11H2,1-2H3,(H,20,23). The molecule has 2 atom stereocenters. The number of sulfone groups is 1. The molecule has 0 saturated carbocycles. The second-order valence-electron chi connectivity index (χ2n) is 6.71. The molecule has 2 heterocycles. The predicted octanol–water partition coefficient (Wildman–Crippen LogP) is 3.09. The minimum absolute atomic E-state index is 0.0403. The van der Waals surface area contributed by atoms with Gasteiger partial charge in [0, 0.05) is 11.1 Å². The largest absolute Gasteiger partial charge is 0.348 e. The molecule has 1 N–H and O–H groups in total. The Balaban J connectivity index is 2.00. The normalized spacial score (nSPS) is 20.0. The van der Waals surface area contributed by atoms with Gasteiger partial charge in [-0.25, -0.2) is 8.42 Å². The van der Waals surface area contributed by atoms with Crippen molar-refractivity contribution in [2.75, 3.05) is 11.5 Å². The van der Waals surface area contributed by atoms with E-state index in [-0.39, 0.29) is 29.5 Å². The van der Waals surface area contributed by atoms with Crippen molar-refractivity contribution in [2.45, 2.75) is 38.8 Å². The Morgan fingerprint density at radius 2 is 2.08 bits per heavy atom. The molecule has 140 valence electrons. The van der Waals surface area contributed by atoms with Gasteiger partial charge in [-0.15, -0.1) is 0 Å². The summed E-state index contributed by atoms with van der Waals surface area (Å²) in [5, 5.41) is 7.96. The summed E-state index contributed by atoms with van der Waals surface area (Å²) in [6, 6.07) is 8.70. The van der Waals surface area contributed by atoms with Crippen LogP contribution >= 0.6 is 11.6 Å². The Labute approximate surface area is 158 Å². The maximum atomic E-state index is 12.5. The van der Waals surface area contributed by atoms with E-state index in [0.29, 0.717) is 17.1 Å². The van der Waals surface area contributed by atoms with Crippen molar-refractivity contribution in [2.24, 2.45) is 0 Å². The molecule has 8 heteroatoms. The van der Waals surface area contributed by atoms with E-state index in [4.69, 9.17) is 11.6 Å². The summed E-state index contributed by atoms with van der Waals surface area (Å²) in [6.07, 6.45) is 1.31. The van der Waals surface area contributed by atoms with Crippen LogP contribution in [0.5, 0.6) is 0 Å². The molecule has 1 saturated heterocycles. The Morgan fingerprint density at radius 3 is 2.65 bits per heavy atom. The smallest absolute Gasteiger partial charge is 0.272 e. The van der Waals surface area contributed by atoms with Gasteiger partial charge in [-0.05, 0) is 43.5 Å². The Morgan fingerprint density at radius 1 is 1.38 bits per heavy atom. The number of nitrogens with one attached hydrogen (secondary N) is 1. The average Bonchev–Trinajstić information content (AvgIpc) is 3.18. The van der Waals surface area contributed by atoms with Crippen LogP contribution in [0.15, 0.2) is 30.3 Å². The number of hydrogen-bond donors (Lipinski definition) is 1. The lowest BCUT2D eigenvalue weighted by Crippen LogP contribution is -2.32. The quantitative estimate of drug-likeness (QED) is 0.843. The highest BCUT2D eigenvalue weighted by atomic mass is 35.5. The monoisotopic (exact) mass is 395 g/mol. The summed E-state index contributed by atoms with van der Waals surface area (Å²) in [5.41, 5.74) is 1.85. The molecule has 1 aromatic heterocycles. The predicted molar refractivity (Wildman–Crippen MR) is 102 cm³/mol. The van der Waals surface area contributed by atoms with Crippen LogP contribution in [0.3, 0.4) is 0 Å². The van der Waals surface area contributed by atoms with E-state index in [2.05, 4.69) is 10.4 Å². The molecular formula is C18H22ClN3O3S. The Kier molecular flexibility index (Phi) is 5.39. The van der Waals surface area contributed by atoms with Crippen LogP contribution in [-0.2, 0) is 9.84 Å². The second kappa shape index (κ2) is 7.40. The molecule has 6 nitrogen and oxygen atoms in total. The van der Waals surface area contributed by atoms with Gasteiger partial charge >= 0.3 is 0 Å². The Bertz CT molecular complexity index is 906. The number of aromatic nitrogens is 2. The summed E-state index contributed by atoms with van der Waals surface area (Å²) < 4.78 is 25.5. The second-order valence-corrected chi connectivity index (χ2v) is 9.37. The van der Waals surface area contributed by atoms with Crippen LogP contribution in [0, 0.1) is 0 Å². The van der Waals surface area contributed by atoms with Crippen molar-refractivity contribution in [1.29, 1.82) is 0 Å². The van der Waals surface area contributed by atoms with E-state index in [1.54, 1.807) is 22.9 Å². The zero-order chi connectivity index (χ0) is 18.9. The van der Waals surface area contributed by atoms with Crippen molar-refractivity contribution in [3.63, 3.8) is 0 Å². The number of rotatable bonds is 5. The number of halogens is 1. The van der Waals surface area contributed by atoms with Gasteiger partial charge in [-0.2, -0.15) is 5.10 Å². The summed E-state index contributed by atoms with van der Waals surface area (Å²) in [7, 11) is -3.07. The first-order valence-corrected chi connectivity index (χ1v) is 10.9. The minimum Gasteiger partial charge on any atom is -0.348 e. The molecule has 26 heavy (non-hydrogen) atoms. The molecule has 1 fully saturated rings. The van der Waals surface area contributed by atoms with Gasteiger partial charge in [0.1, 0.15) is 0 Å². The Hall–Kier alpha value is -1.86. The summed E-state index contributed by atoms with van der Waals surface area (Å²) >= 11 is 5.97. The zero-order valence-electron chi connectivity index (χ0n) is 14.8. The van der Waals surface area contributed by atoms with Crippen molar-refractivity contribution in [1.82, 2.24) is 15.1 Å². The highest BCUT2D eigenvalue weighted by molar-refractivity contribution is 7.91. The first kappa shape index (κ1) is 18.9. The van der Waals surface area contributed by atoms with Crippen molar-refractivity contribution >= 4 is 27.3 Å². The molecule has 2 aromatic rings. The maximum absolute atomic E-state index is 12.5. The van der Waals surface area contributed by atoms with E-state index in [0.717, 1.165) is 17.7 Å². The number of hydrogen-bond acceptors (Lipinski definition) is 4. The fourth-order valence-electron chi connectivity index (χ4n) is 2.99. The minimum atomic E-state index is -3.07. The third-order valence-corrected chi connectivity index (χ3v) is 6.65. The fraction of sp³-hybridized carbons (Fsp3) is 0.444. The van der Waals surface area contributed by atoms with E-state index in [1.165, 1.54) is 0 Å². The number of carbonyl (C=O) groups excluding carboxylic acids is 1. The van der Waals surface area contributed by atoms with Gasteiger partial charge < -0.3 is 5.32 Å². The molecule has 0 bridgehead atoms. The van der Waals surface area contributed by atoms with E-state index >= 15 is 0 Å². The van der Waals surface area contributed by atoms with Crippen LogP contribution in [0.25, 0.3) is 11.3 Å². The number of nitrogens with zero attached hydrogens (tertiary/aromatic N) is 2. The molecular weight excluding hydrogens is 374 g/mol. The van der Waals surface area contributed by atoms with Crippen LogP contribution in [-0.4, -0.2) is 41.7 Å². The van der Waals surface area contributed by atoms with E-state index in [1.807, 2.05) is 26.0 Å². The van der Waals surface area contributed by atoms with Crippen LogP contribution < -0.4 is 5.32 Å². The highest BCUT2D eigenvalue weighted by Gasteiger charge is 2.32. The fourth-order valence-corrected chi connectivity index (χ4v) is 4.81. The third-order valence-electron chi connectivity index (χ3n) is 4.65. The van der Waals surface area contributed by atoms with Gasteiger partial charge in [0.2, 0.25) is 0 Å². The highest BCUT2D eigenvalue weighted by Crippen LogP contribution is 2.30. The first-order chi connectivity index (χ1) is 12.3. The van der Waals surface area contributed by atoms with E-state index in [9.17, 15) is 13.2 Å². The van der Waals surface area contributed by atoms with Gasteiger partial charge in [0.25, 0.3) is 5.91 Å². The van der Waals surface area contributed by atoms with Crippen LogP contribution in [0.4, 0.5) is 0 Å². The molecule has 1 aromatic carbocycles. The molecule has 3 rings (SSSR count). The third kappa shape index (κ3) is 4.10. The van der Waals surface area contributed by atoms with Crippen molar-refractivity contribution in [3.8, 4) is 11.3 Å². The SMILES string of the molecule is CCC(C)NC(=O)c1cc(-c2ccc(Cl)cc2)n(C2CCS(=O)(=O)C2)n1. The molecule has 1 aliphatic heterocycles. The van der Waals surface area contributed by atoms with Crippen LogP contribution in [0.1, 0.15) is 43.2 Å². The summed E-state index contributed by atoms with van der Waals surface area (Å²) in [5.74, 6) is -0.0672. The van der Waals surface area contributed by atoms with Gasteiger partial charge in [-0.3, -0.25) is 9.48 Å². The number of amides is 1. The number of carbonyl (C=O) groups is 1. The van der Waals surface area contributed by atoms with Gasteiger partial charge in [0.05, 0.1) is 23.2 Å².